The van der Waals surface area contributed by atoms with E-state index in [-0.39, 0.29) is 0 Å². The van der Waals surface area contributed by atoms with Crippen LogP contribution < -0.4 is 5.32 Å². The van der Waals surface area contributed by atoms with Gasteiger partial charge in [0.1, 0.15) is 0 Å². The molecule has 2 N–H and O–H groups in total. The van der Waals surface area contributed by atoms with Crippen LogP contribution in [0.3, 0.4) is 0 Å². The first kappa shape index (κ1) is 16.0. The number of hydrogen-bond donors (Lipinski definition) is 2. The average Bonchev–Trinajstić information content (AvgIpc) is 2.33. The van der Waals surface area contributed by atoms with Crippen molar-refractivity contribution in [3.05, 3.63) is 35.4 Å². The number of nitrogens with one attached hydrogen (secondary N) is 1. The van der Waals surface area contributed by atoms with Crippen molar-refractivity contribution in [2.75, 3.05) is 13.1 Å². The molecule has 19 heavy (non-hydrogen) atoms. The van der Waals surface area contributed by atoms with E-state index in [0.29, 0.717) is 18.0 Å². The first-order valence-corrected chi connectivity index (χ1v) is 6.36. The first-order chi connectivity index (χ1) is 8.80. The van der Waals surface area contributed by atoms with Crippen molar-refractivity contribution in [2.24, 2.45) is 5.92 Å². The van der Waals surface area contributed by atoms with Gasteiger partial charge in [-0.25, -0.2) is 0 Å². The van der Waals surface area contributed by atoms with Crippen LogP contribution in [0.25, 0.3) is 0 Å². The standard InChI is InChI=1S/C14H20F3NO/c1-10(2)7-8-18-9-13(19)11-3-5-12(6-4-11)14(15,16)17/h3-6,10,13,18-19H,7-9H2,1-2H3. The van der Waals surface area contributed by atoms with Crippen LogP contribution in [0.1, 0.15) is 37.5 Å². The van der Waals surface area contributed by atoms with Crippen molar-refractivity contribution in [3.63, 3.8) is 0 Å². The molecule has 0 aromatic heterocycles. The Morgan fingerprint density at radius 3 is 2.21 bits per heavy atom. The van der Waals surface area contributed by atoms with Gasteiger partial charge in [0.05, 0.1) is 11.7 Å². The molecule has 0 fully saturated rings. The monoisotopic (exact) mass is 275 g/mol. The number of rotatable bonds is 6. The maximum absolute atomic E-state index is 12.4. The van der Waals surface area contributed by atoms with Gasteiger partial charge in [-0.3, -0.25) is 0 Å². The summed E-state index contributed by atoms with van der Waals surface area (Å²) < 4.78 is 37.1. The van der Waals surface area contributed by atoms with Crippen LogP contribution in [0.15, 0.2) is 24.3 Å². The van der Waals surface area contributed by atoms with E-state index >= 15 is 0 Å². The first-order valence-electron chi connectivity index (χ1n) is 6.36. The lowest BCUT2D eigenvalue weighted by atomic mass is 10.1. The van der Waals surface area contributed by atoms with Crippen molar-refractivity contribution in [1.29, 1.82) is 0 Å². The summed E-state index contributed by atoms with van der Waals surface area (Å²) in [5.74, 6) is 0.579. The SMILES string of the molecule is CC(C)CCNCC(O)c1ccc(C(F)(F)F)cc1. The molecule has 1 rings (SSSR count). The van der Waals surface area contributed by atoms with E-state index in [1.54, 1.807) is 0 Å². The number of halogens is 3. The summed E-state index contributed by atoms with van der Waals surface area (Å²) in [7, 11) is 0. The minimum atomic E-state index is -4.33. The fourth-order valence-corrected chi connectivity index (χ4v) is 1.64. The summed E-state index contributed by atoms with van der Waals surface area (Å²) in [6, 6.07) is 4.62. The molecule has 0 amide bonds. The van der Waals surface area contributed by atoms with Crippen molar-refractivity contribution in [2.45, 2.75) is 32.5 Å². The van der Waals surface area contributed by atoms with Gasteiger partial charge < -0.3 is 10.4 Å². The smallest absolute Gasteiger partial charge is 0.387 e. The van der Waals surface area contributed by atoms with Crippen LogP contribution in [-0.4, -0.2) is 18.2 Å². The second-order valence-corrected chi connectivity index (χ2v) is 5.02. The van der Waals surface area contributed by atoms with E-state index in [4.69, 9.17) is 0 Å². The molecule has 0 aliphatic rings. The summed E-state index contributed by atoms with van der Waals surface area (Å²) in [5, 5.41) is 12.9. The maximum atomic E-state index is 12.4. The fourth-order valence-electron chi connectivity index (χ4n) is 1.64. The second kappa shape index (κ2) is 6.91. The molecule has 1 unspecified atom stereocenters. The number of alkyl halides is 3. The lowest BCUT2D eigenvalue weighted by Crippen LogP contribution is -2.23. The molecule has 0 radical (unpaired) electrons. The molecule has 1 aromatic carbocycles. The molecule has 0 saturated heterocycles. The third kappa shape index (κ3) is 5.61. The van der Waals surface area contributed by atoms with Crippen LogP contribution in [-0.2, 0) is 6.18 Å². The van der Waals surface area contributed by atoms with Gasteiger partial charge in [-0.05, 0) is 36.6 Å². The third-order valence-corrected chi connectivity index (χ3v) is 2.86. The van der Waals surface area contributed by atoms with Crippen molar-refractivity contribution in [3.8, 4) is 0 Å². The third-order valence-electron chi connectivity index (χ3n) is 2.86. The topological polar surface area (TPSA) is 32.3 Å². The Kier molecular flexibility index (Phi) is 5.82. The van der Waals surface area contributed by atoms with Gasteiger partial charge in [0, 0.05) is 6.54 Å². The zero-order valence-corrected chi connectivity index (χ0v) is 11.2. The van der Waals surface area contributed by atoms with Gasteiger partial charge in [-0.1, -0.05) is 26.0 Å². The lowest BCUT2D eigenvalue weighted by Gasteiger charge is -2.14. The molecule has 0 saturated carbocycles. The Labute approximate surface area is 111 Å². The van der Waals surface area contributed by atoms with Crippen LogP contribution in [0.4, 0.5) is 13.2 Å². The van der Waals surface area contributed by atoms with Gasteiger partial charge in [-0.15, -0.1) is 0 Å². The Hall–Kier alpha value is -1.07. The number of aliphatic hydroxyl groups is 1. The van der Waals surface area contributed by atoms with E-state index in [2.05, 4.69) is 19.2 Å². The molecule has 108 valence electrons. The summed E-state index contributed by atoms with van der Waals surface area (Å²) >= 11 is 0. The number of hydrogen-bond acceptors (Lipinski definition) is 2. The van der Waals surface area contributed by atoms with Crippen molar-refractivity contribution in [1.82, 2.24) is 5.32 Å². The summed E-state index contributed by atoms with van der Waals surface area (Å²) in [4.78, 5) is 0. The van der Waals surface area contributed by atoms with Gasteiger partial charge in [-0.2, -0.15) is 13.2 Å². The molecule has 0 aliphatic heterocycles. The molecule has 2 nitrogen and oxygen atoms in total. The average molecular weight is 275 g/mol. The molecule has 0 bridgehead atoms. The second-order valence-electron chi connectivity index (χ2n) is 5.02. The zero-order valence-electron chi connectivity index (χ0n) is 11.2. The highest BCUT2D eigenvalue weighted by Crippen LogP contribution is 2.29. The molecule has 0 aliphatic carbocycles. The Morgan fingerprint density at radius 2 is 1.74 bits per heavy atom. The normalized spacial score (nSPS) is 13.8. The number of benzene rings is 1. The molecular weight excluding hydrogens is 255 g/mol. The lowest BCUT2D eigenvalue weighted by molar-refractivity contribution is -0.137. The van der Waals surface area contributed by atoms with Gasteiger partial charge in [0.25, 0.3) is 0 Å². The van der Waals surface area contributed by atoms with Crippen molar-refractivity contribution < 1.29 is 18.3 Å². The minimum absolute atomic E-state index is 0.345. The van der Waals surface area contributed by atoms with E-state index in [1.807, 2.05) is 0 Å². The highest BCUT2D eigenvalue weighted by atomic mass is 19.4. The molecule has 1 aromatic rings. The largest absolute Gasteiger partial charge is 0.416 e. The van der Waals surface area contributed by atoms with Crippen LogP contribution in [0.2, 0.25) is 0 Å². The molecular formula is C14H20F3NO. The molecule has 0 heterocycles. The summed E-state index contributed by atoms with van der Waals surface area (Å²) in [6.07, 6.45) is -4.12. The van der Waals surface area contributed by atoms with E-state index < -0.39 is 17.8 Å². The molecule has 1 atom stereocenters. The van der Waals surface area contributed by atoms with E-state index in [1.165, 1.54) is 12.1 Å². The van der Waals surface area contributed by atoms with Crippen LogP contribution in [0, 0.1) is 5.92 Å². The van der Waals surface area contributed by atoms with Crippen LogP contribution >= 0.6 is 0 Å². The highest BCUT2D eigenvalue weighted by molar-refractivity contribution is 5.26. The Bertz CT molecular complexity index is 373. The predicted molar refractivity (Wildman–Crippen MR) is 68.7 cm³/mol. The summed E-state index contributed by atoms with van der Waals surface area (Å²) in [5.41, 5.74) is -0.207. The highest BCUT2D eigenvalue weighted by Gasteiger charge is 2.30. The van der Waals surface area contributed by atoms with Crippen molar-refractivity contribution >= 4 is 0 Å². The van der Waals surface area contributed by atoms with Gasteiger partial charge in [0.15, 0.2) is 0 Å². The van der Waals surface area contributed by atoms with E-state index in [9.17, 15) is 18.3 Å². The fraction of sp³-hybridized carbons (Fsp3) is 0.571. The Balaban J connectivity index is 2.47. The Morgan fingerprint density at radius 1 is 1.16 bits per heavy atom. The molecule has 5 heteroatoms. The number of aliphatic hydroxyl groups excluding tert-OH is 1. The maximum Gasteiger partial charge on any atom is 0.416 e. The quantitative estimate of drug-likeness (QED) is 0.780. The predicted octanol–water partition coefficient (Wildman–Crippen LogP) is 3.37. The van der Waals surface area contributed by atoms with Gasteiger partial charge in [0.2, 0.25) is 0 Å². The van der Waals surface area contributed by atoms with Gasteiger partial charge >= 0.3 is 6.18 Å². The zero-order chi connectivity index (χ0) is 14.5. The van der Waals surface area contributed by atoms with E-state index in [0.717, 1.165) is 25.1 Å². The minimum Gasteiger partial charge on any atom is -0.387 e. The van der Waals surface area contributed by atoms with Crippen LogP contribution in [0.5, 0.6) is 0 Å². The molecule has 0 spiro atoms. The summed E-state index contributed by atoms with van der Waals surface area (Å²) in [6.45, 7) is 5.34.